The maximum absolute atomic E-state index is 5.48. The van der Waals surface area contributed by atoms with Crippen molar-refractivity contribution in [2.24, 2.45) is 0 Å². The molecule has 0 amide bonds. The standard InChI is InChI=1S/C25H29N5OS/c1-2-5-19(6-3-1)23-26-15-20-7-9-25(22(20)28-23)8-4-10-29(18-25)17-21-16-27-24(32-21)30-11-13-31-14-12-30/h1-3,5-6,15-16H,4,7-14,17-18H2. The lowest BCUT2D eigenvalue weighted by atomic mass is 9.77. The van der Waals surface area contributed by atoms with Crippen molar-refractivity contribution in [2.45, 2.75) is 37.6 Å². The second-order valence-electron chi connectivity index (χ2n) is 9.24. The van der Waals surface area contributed by atoms with Crippen molar-refractivity contribution in [2.75, 3.05) is 44.3 Å². The predicted molar refractivity (Wildman–Crippen MR) is 127 cm³/mol. The third-order valence-corrected chi connectivity index (χ3v) is 8.17. The van der Waals surface area contributed by atoms with E-state index < -0.39 is 0 Å². The number of morpholine rings is 1. The number of thiazole rings is 1. The van der Waals surface area contributed by atoms with E-state index in [9.17, 15) is 0 Å². The molecule has 1 spiro atoms. The molecule has 1 unspecified atom stereocenters. The highest BCUT2D eigenvalue weighted by Gasteiger charge is 2.43. The first-order chi connectivity index (χ1) is 15.8. The quantitative estimate of drug-likeness (QED) is 0.604. The zero-order valence-electron chi connectivity index (χ0n) is 18.4. The number of nitrogens with zero attached hydrogens (tertiary/aromatic N) is 5. The minimum absolute atomic E-state index is 0.164. The van der Waals surface area contributed by atoms with Crippen LogP contribution in [-0.4, -0.2) is 59.2 Å². The fraction of sp³-hybridized carbons (Fsp3) is 0.480. The molecule has 7 heteroatoms. The van der Waals surface area contributed by atoms with Crippen LogP contribution >= 0.6 is 11.3 Å². The van der Waals surface area contributed by atoms with E-state index in [1.807, 2.05) is 17.4 Å². The second-order valence-corrected chi connectivity index (χ2v) is 10.3. The lowest BCUT2D eigenvalue weighted by Crippen LogP contribution is -2.44. The van der Waals surface area contributed by atoms with Crippen molar-refractivity contribution in [3.8, 4) is 11.4 Å². The van der Waals surface area contributed by atoms with Crippen molar-refractivity contribution in [1.29, 1.82) is 0 Å². The van der Waals surface area contributed by atoms with Crippen LogP contribution < -0.4 is 4.90 Å². The highest BCUT2D eigenvalue weighted by atomic mass is 32.1. The molecule has 3 aromatic rings. The van der Waals surface area contributed by atoms with Crippen LogP contribution in [0.5, 0.6) is 0 Å². The summed E-state index contributed by atoms with van der Waals surface area (Å²) in [5, 5.41) is 1.14. The van der Waals surface area contributed by atoms with Crippen LogP contribution in [0.2, 0.25) is 0 Å². The topological polar surface area (TPSA) is 54.4 Å². The van der Waals surface area contributed by atoms with Gasteiger partial charge in [0.2, 0.25) is 0 Å². The molecule has 6 rings (SSSR count). The summed E-state index contributed by atoms with van der Waals surface area (Å²) in [5.74, 6) is 0.861. The zero-order chi connectivity index (χ0) is 21.4. The molecular formula is C25H29N5OS. The summed E-state index contributed by atoms with van der Waals surface area (Å²) >= 11 is 1.84. The molecule has 2 aromatic heterocycles. The molecule has 2 fully saturated rings. The van der Waals surface area contributed by atoms with Crippen LogP contribution in [0.25, 0.3) is 11.4 Å². The number of benzene rings is 1. The number of aryl methyl sites for hydroxylation is 1. The largest absolute Gasteiger partial charge is 0.378 e. The average molecular weight is 448 g/mol. The van der Waals surface area contributed by atoms with Gasteiger partial charge in [0.15, 0.2) is 11.0 Å². The Bertz CT molecular complexity index is 1080. The summed E-state index contributed by atoms with van der Waals surface area (Å²) in [6.07, 6.45) is 8.89. The van der Waals surface area contributed by atoms with E-state index in [0.717, 1.165) is 68.9 Å². The maximum Gasteiger partial charge on any atom is 0.185 e. The molecule has 4 heterocycles. The van der Waals surface area contributed by atoms with Crippen LogP contribution in [0.15, 0.2) is 42.7 Å². The molecule has 2 saturated heterocycles. The molecule has 0 radical (unpaired) electrons. The number of fused-ring (bicyclic) bond motifs is 2. The second kappa shape index (κ2) is 8.54. The van der Waals surface area contributed by atoms with E-state index in [4.69, 9.17) is 14.7 Å². The van der Waals surface area contributed by atoms with Crippen LogP contribution in [0.3, 0.4) is 0 Å². The van der Waals surface area contributed by atoms with Crippen molar-refractivity contribution < 1.29 is 4.74 Å². The Morgan fingerprint density at radius 1 is 1.00 bits per heavy atom. The van der Waals surface area contributed by atoms with Gasteiger partial charge in [-0.05, 0) is 37.8 Å². The number of aromatic nitrogens is 3. The fourth-order valence-corrected chi connectivity index (χ4v) is 6.52. The third-order valence-electron chi connectivity index (χ3n) is 7.13. The first-order valence-electron chi connectivity index (χ1n) is 11.7. The monoisotopic (exact) mass is 447 g/mol. The Labute approximate surface area is 193 Å². The molecule has 6 nitrogen and oxygen atoms in total. The van der Waals surface area contributed by atoms with E-state index in [1.54, 1.807) is 0 Å². The van der Waals surface area contributed by atoms with Gasteiger partial charge in [0, 0.05) is 54.4 Å². The Kier molecular flexibility index (Phi) is 5.41. The van der Waals surface area contributed by atoms with Gasteiger partial charge in [0.05, 0.1) is 18.9 Å². The molecule has 1 aromatic carbocycles. The molecule has 0 bridgehead atoms. The summed E-state index contributed by atoms with van der Waals surface area (Å²) in [6.45, 7) is 6.70. The van der Waals surface area contributed by atoms with Crippen molar-refractivity contribution in [1.82, 2.24) is 19.9 Å². The Balaban J connectivity index is 1.21. The SMILES string of the molecule is c1ccc(-c2ncc3c(n2)C2(CCCN(Cc4cnc(N5CCOCC5)s4)C2)CC3)cc1. The molecule has 0 N–H and O–H groups in total. The van der Waals surface area contributed by atoms with E-state index in [1.165, 1.54) is 35.4 Å². The van der Waals surface area contributed by atoms with Crippen LogP contribution in [0, 0.1) is 0 Å². The summed E-state index contributed by atoms with van der Waals surface area (Å²) in [4.78, 5) is 20.9. The van der Waals surface area contributed by atoms with Gasteiger partial charge in [-0.1, -0.05) is 30.3 Å². The van der Waals surface area contributed by atoms with Crippen molar-refractivity contribution in [3.63, 3.8) is 0 Å². The Hall–Kier alpha value is -2.35. The lowest BCUT2D eigenvalue weighted by Gasteiger charge is -2.40. The highest BCUT2D eigenvalue weighted by molar-refractivity contribution is 7.15. The molecular weight excluding hydrogens is 418 g/mol. The number of likely N-dealkylation sites (tertiary alicyclic amines) is 1. The molecule has 0 saturated carbocycles. The number of rotatable bonds is 4. The van der Waals surface area contributed by atoms with Gasteiger partial charge in [0.1, 0.15) is 0 Å². The van der Waals surface area contributed by atoms with Gasteiger partial charge in [-0.3, -0.25) is 4.90 Å². The number of piperidine rings is 1. The zero-order valence-corrected chi connectivity index (χ0v) is 19.2. The number of anilines is 1. The Morgan fingerprint density at radius 3 is 2.75 bits per heavy atom. The first kappa shape index (κ1) is 20.3. The van der Waals surface area contributed by atoms with Gasteiger partial charge in [0.25, 0.3) is 0 Å². The average Bonchev–Trinajstić information content (AvgIpc) is 3.45. The normalized spacial score (nSPS) is 23.6. The van der Waals surface area contributed by atoms with E-state index in [0.29, 0.717) is 0 Å². The summed E-state index contributed by atoms with van der Waals surface area (Å²) in [7, 11) is 0. The van der Waals surface area contributed by atoms with Gasteiger partial charge in [-0.2, -0.15) is 0 Å². The van der Waals surface area contributed by atoms with Crippen LogP contribution in [0.1, 0.15) is 35.4 Å². The Morgan fingerprint density at radius 2 is 1.88 bits per heavy atom. The lowest BCUT2D eigenvalue weighted by molar-refractivity contribution is 0.122. The highest BCUT2D eigenvalue weighted by Crippen LogP contribution is 2.44. The fourth-order valence-electron chi connectivity index (χ4n) is 5.52. The molecule has 1 aliphatic carbocycles. The van der Waals surface area contributed by atoms with Crippen LogP contribution in [-0.2, 0) is 23.1 Å². The third kappa shape index (κ3) is 3.83. The smallest absolute Gasteiger partial charge is 0.185 e. The van der Waals surface area contributed by atoms with E-state index in [-0.39, 0.29) is 5.41 Å². The summed E-state index contributed by atoms with van der Waals surface area (Å²) in [5.41, 5.74) is 3.91. The van der Waals surface area contributed by atoms with Crippen molar-refractivity contribution >= 4 is 16.5 Å². The molecule has 32 heavy (non-hydrogen) atoms. The van der Waals surface area contributed by atoms with Crippen molar-refractivity contribution in [3.05, 3.63) is 58.9 Å². The summed E-state index contributed by atoms with van der Waals surface area (Å²) in [6, 6.07) is 10.4. The van der Waals surface area contributed by atoms with Crippen LogP contribution in [0.4, 0.5) is 5.13 Å². The van der Waals surface area contributed by atoms with Gasteiger partial charge in [-0.15, -0.1) is 11.3 Å². The summed E-state index contributed by atoms with van der Waals surface area (Å²) < 4.78 is 5.48. The van der Waals surface area contributed by atoms with E-state index >= 15 is 0 Å². The first-order valence-corrected chi connectivity index (χ1v) is 12.5. The van der Waals surface area contributed by atoms with Gasteiger partial charge >= 0.3 is 0 Å². The van der Waals surface area contributed by atoms with Gasteiger partial charge < -0.3 is 9.64 Å². The molecule has 2 aliphatic heterocycles. The minimum atomic E-state index is 0.164. The van der Waals surface area contributed by atoms with E-state index in [2.05, 4.69) is 51.4 Å². The number of hydrogen-bond acceptors (Lipinski definition) is 7. The number of ether oxygens (including phenoxy) is 1. The minimum Gasteiger partial charge on any atom is -0.378 e. The molecule has 166 valence electrons. The van der Waals surface area contributed by atoms with Gasteiger partial charge in [-0.25, -0.2) is 15.0 Å². The molecule has 1 atom stereocenters. The number of hydrogen-bond donors (Lipinski definition) is 0. The molecule has 3 aliphatic rings. The maximum atomic E-state index is 5.48. The predicted octanol–water partition coefficient (Wildman–Crippen LogP) is 3.92.